The SMILES string of the molecule is Nc1cnc(Cl)c(C=CCCNC(=O)OCC2c3ccccc3-c3ccccc32)c1. The molecule has 1 aromatic heterocycles. The molecule has 1 aliphatic rings. The Kier molecular flexibility index (Phi) is 6.00. The number of ether oxygens (including phenoxy) is 1. The van der Waals surface area contributed by atoms with E-state index in [-0.39, 0.29) is 5.92 Å². The van der Waals surface area contributed by atoms with Gasteiger partial charge in [0.2, 0.25) is 0 Å². The minimum atomic E-state index is -0.422. The van der Waals surface area contributed by atoms with Gasteiger partial charge in [-0.3, -0.25) is 0 Å². The van der Waals surface area contributed by atoms with Gasteiger partial charge in [-0.05, 0) is 34.7 Å². The number of nitrogen functional groups attached to an aromatic ring is 1. The number of nitrogens with zero attached hydrogens (tertiary/aromatic N) is 1. The van der Waals surface area contributed by atoms with Gasteiger partial charge in [-0.2, -0.15) is 0 Å². The Morgan fingerprint density at radius 3 is 2.50 bits per heavy atom. The fraction of sp³-hybridized carbons (Fsp3) is 0.167. The molecule has 0 aliphatic heterocycles. The molecule has 0 radical (unpaired) electrons. The molecule has 152 valence electrons. The lowest BCUT2D eigenvalue weighted by atomic mass is 9.98. The lowest BCUT2D eigenvalue weighted by molar-refractivity contribution is 0.143. The third kappa shape index (κ3) is 4.31. The predicted octanol–water partition coefficient (Wildman–Crippen LogP) is 5.26. The molecule has 0 bridgehead atoms. The number of aromatic nitrogens is 1. The van der Waals surface area contributed by atoms with Crippen molar-refractivity contribution >= 4 is 29.5 Å². The number of hydrogen-bond acceptors (Lipinski definition) is 4. The molecule has 0 unspecified atom stereocenters. The molecule has 0 atom stereocenters. The summed E-state index contributed by atoms with van der Waals surface area (Å²) in [6, 6.07) is 18.3. The average molecular weight is 420 g/mol. The van der Waals surface area contributed by atoms with Crippen LogP contribution in [0.25, 0.3) is 17.2 Å². The Morgan fingerprint density at radius 2 is 1.80 bits per heavy atom. The number of hydrogen-bond donors (Lipinski definition) is 2. The molecule has 1 aliphatic carbocycles. The van der Waals surface area contributed by atoms with Gasteiger partial charge in [0, 0.05) is 18.0 Å². The first-order valence-corrected chi connectivity index (χ1v) is 10.2. The van der Waals surface area contributed by atoms with E-state index in [9.17, 15) is 4.79 Å². The minimum absolute atomic E-state index is 0.0567. The number of amides is 1. The van der Waals surface area contributed by atoms with Crippen LogP contribution in [-0.2, 0) is 4.74 Å². The zero-order valence-corrected chi connectivity index (χ0v) is 17.1. The minimum Gasteiger partial charge on any atom is -0.449 e. The number of nitrogens with two attached hydrogens (primary N) is 1. The lowest BCUT2D eigenvalue weighted by Gasteiger charge is -2.14. The van der Waals surface area contributed by atoms with Gasteiger partial charge in [0.1, 0.15) is 11.8 Å². The molecule has 0 saturated carbocycles. The van der Waals surface area contributed by atoms with Crippen molar-refractivity contribution in [3.05, 3.63) is 88.7 Å². The van der Waals surface area contributed by atoms with E-state index < -0.39 is 6.09 Å². The maximum Gasteiger partial charge on any atom is 0.407 e. The number of fused-ring (bicyclic) bond motifs is 3. The highest BCUT2D eigenvalue weighted by atomic mass is 35.5. The van der Waals surface area contributed by atoms with Crippen LogP contribution in [0.1, 0.15) is 29.0 Å². The highest BCUT2D eigenvalue weighted by Crippen LogP contribution is 2.44. The van der Waals surface area contributed by atoms with Gasteiger partial charge in [0.05, 0.1) is 11.9 Å². The van der Waals surface area contributed by atoms with Crippen LogP contribution in [0, 0.1) is 0 Å². The molecular weight excluding hydrogens is 398 g/mol. The summed E-state index contributed by atoms with van der Waals surface area (Å²) >= 11 is 6.03. The van der Waals surface area contributed by atoms with Gasteiger partial charge in [-0.25, -0.2) is 9.78 Å². The molecule has 1 amide bonds. The third-order valence-electron chi connectivity index (χ3n) is 5.11. The molecule has 3 aromatic rings. The van der Waals surface area contributed by atoms with E-state index in [1.165, 1.54) is 28.5 Å². The van der Waals surface area contributed by atoms with Crippen molar-refractivity contribution in [2.24, 2.45) is 0 Å². The second-order valence-electron chi connectivity index (χ2n) is 7.09. The number of benzene rings is 2. The highest BCUT2D eigenvalue weighted by molar-refractivity contribution is 6.30. The maximum absolute atomic E-state index is 12.2. The highest BCUT2D eigenvalue weighted by Gasteiger charge is 2.28. The van der Waals surface area contributed by atoms with Crippen molar-refractivity contribution in [1.82, 2.24) is 10.3 Å². The van der Waals surface area contributed by atoms with E-state index in [1.807, 2.05) is 36.4 Å². The lowest BCUT2D eigenvalue weighted by Crippen LogP contribution is -2.26. The van der Waals surface area contributed by atoms with Crippen molar-refractivity contribution in [3.63, 3.8) is 0 Å². The number of halogens is 1. The molecule has 3 N–H and O–H groups in total. The molecule has 1 heterocycles. The number of anilines is 1. The van der Waals surface area contributed by atoms with Crippen molar-refractivity contribution in [2.45, 2.75) is 12.3 Å². The monoisotopic (exact) mass is 419 g/mol. The van der Waals surface area contributed by atoms with E-state index in [1.54, 1.807) is 6.07 Å². The van der Waals surface area contributed by atoms with Gasteiger partial charge in [-0.15, -0.1) is 0 Å². The second-order valence-corrected chi connectivity index (χ2v) is 7.45. The van der Waals surface area contributed by atoms with Crippen LogP contribution in [0.5, 0.6) is 0 Å². The smallest absolute Gasteiger partial charge is 0.407 e. The molecule has 0 spiro atoms. The topological polar surface area (TPSA) is 77.2 Å². The van der Waals surface area contributed by atoms with Crippen LogP contribution in [0.2, 0.25) is 5.15 Å². The average Bonchev–Trinajstić information content (AvgIpc) is 3.08. The summed E-state index contributed by atoms with van der Waals surface area (Å²) in [6.45, 7) is 0.765. The first kappa shape index (κ1) is 20.0. The van der Waals surface area contributed by atoms with Crippen LogP contribution in [0.15, 0.2) is 66.9 Å². The predicted molar refractivity (Wildman–Crippen MR) is 120 cm³/mol. The largest absolute Gasteiger partial charge is 0.449 e. The molecule has 5 nitrogen and oxygen atoms in total. The summed E-state index contributed by atoms with van der Waals surface area (Å²) in [6.07, 6.45) is 5.47. The Balaban J connectivity index is 1.28. The van der Waals surface area contributed by atoms with E-state index in [0.29, 0.717) is 30.4 Å². The van der Waals surface area contributed by atoms with Crippen LogP contribution in [0.4, 0.5) is 10.5 Å². The van der Waals surface area contributed by atoms with Gasteiger partial charge in [0.15, 0.2) is 0 Å². The molecule has 0 fully saturated rings. The summed E-state index contributed by atoms with van der Waals surface area (Å²) in [5.74, 6) is 0.0567. The summed E-state index contributed by atoms with van der Waals surface area (Å²) < 4.78 is 5.52. The quantitative estimate of drug-likeness (QED) is 0.422. The molecule has 0 saturated heterocycles. The van der Waals surface area contributed by atoms with Gasteiger partial charge in [-0.1, -0.05) is 72.3 Å². The summed E-state index contributed by atoms with van der Waals surface area (Å²) in [4.78, 5) is 16.1. The van der Waals surface area contributed by atoms with Gasteiger partial charge < -0.3 is 15.8 Å². The van der Waals surface area contributed by atoms with Crippen LogP contribution >= 0.6 is 11.6 Å². The molecule has 2 aromatic carbocycles. The van der Waals surface area contributed by atoms with Crippen LogP contribution in [-0.4, -0.2) is 24.2 Å². The molecule has 30 heavy (non-hydrogen) atoms. The molecule has 6 heteroatoms. The zero-order chi connectivity index (χ0) is 20.9. The zero-order valence-electron chi connectivity index (χ0n) is 16.3. The van der Waals surface area contributed by atoms with E-state index in [4.69, 9.17) is 22.1 Å². The first-order chi connectivity index (χ1) is 14.6. The van der Waals surface area contributed by atoms with E-state index >= 15 is 0 Å². The Labute approximate surface area is 180 Å². The standard InChI is InChI=1S/C24H22ClN3O2/c25-23-16(13-17(26)14-28-23)7-5-6-12-27-24(29)30-15-22-20-10-3-1-8-18(20)19-9-2-4-11-21(19)22/h1-5,7-11,13-14,22H,6,12,15,26H2,(H,27,29). The third-order valence-corrected chi connectivity index (χ3v) is 5.42. The fourth-order valence-corrected chi connectivity index (χ4v) is 3.88. The maximum atomic E-state index is 12.2. The number of carbonyl (C=O) groups excluding carboxylic acids is 1. The van der Waals surface area contributed by atoms with Crippen LogP contribution in [0.3, 0.4) is 0 Å². The summed E-state index contributed by atoms with van der Waals surface area (Å²) in [5.41, 5.74) is 11.8. The number of nitrogens with one attached hydrogen (secondary N) is 1. The number of alkyl carbamates (subject to hydrolysis) is 1. The van der Waals surface area contributed by atoms with E-state index in [0.717, 1.165) is 5.56 Å². The second kappa shape index (κ2) is 9.01. The Bertz CT molecular complexity index is 1050. The van der Waals surface area contributed by atoms with Gasteiger partial charge >= 0.3 is 6.09 Å². The summed E-state index contributed by atoms with van der Waals surface area (Å²) in [7, 11) is 0. The van der Waals surface area contributed by atoms with E-state index in [2.05, 4.69) is 34.6 Å². The van der Waals surface area contributed by atoms with Gasteiger partial charge in [0.25, 0.3) is 0 Å². The van der Waals surface area contributed by atoms with Crippen LogP contribution < -0.4 is 11.1 Å². The van der Waals surface area contributed by atoms with Crippen molar-refractivity contribution in [1.29, 1.82) is 0 Å². The number of pyridine rings is 1. The number of carbonyl (C=O) groups is 1. The number of rotatable bonds is 6. The Morgan fingerprint density at radius 1 is 1.13 bits per heavy atom. The van der Waals surface area contributed by atoms with Crippen molar-refractivity contribution in [3.8, 4) is 11.1 Å². The van der Waals surface area contributed by atoms with Crippen molar-refractivity contribution in [2.75, 3.05) is 18.9 Å². The fourth-order valence-electron chi connectivity index (χ4n) is 3.72. The molecular formula is C24H22ClN3O2. The summed E-state index contributed by atoms with van der Waals surface area (Å²) in [5, 5.41) is 3.17. The Hall–Kier alpha value is -3.31. The first-order valence-electron chi connectivity index (χ1n) is 9.80. The normalized spacial score (nSPS) is 12.6. The van der Waals surface area contributed by atoms with Crippen molar-refractivity contribution < 1.29 is 9.53 Å². The molecule has 4 rings (SSSR count).